The van der Waals surface area contributed by atoms with E-state index in [0.717, 1.165) is 11.6 Å². The third-order valence-corrected chi connectivity index (χ3v) is 4.54. The summed E-state index contributed by atoms with van der Waals surface area (Å²) in [5.74, 6) is -0.741. The van der Waals surface area contributed by atoms with E-state index < -0.39 is 11.6 Å². The maximum atomic E-state index is 14.7. The summed E-state index contributed by atoms with van der Waals surface area (Å²) in [6.07, 6.45) is 1.54. The molecule has 3 rings (SSSR count). The van der Waals surface area contributed by atoms with Crippen LogP contribution in [0.1, 0.15) is 15.9 Å². The van der Waals surface area contributed by atoms with Crippen LogP contribution in [-0.2, 0) is 9.47 Å². The quantitative estimate of drug-likeness (QED) is 0.391. The molecule has 0 amide bonds. The number of aromatic amines is 1. The largest absolute Gasteiger partial charge is 0.493 e. The Morgan fingerprint density at radius 1 is 1.03 bits per heavy atom. The van der Waals surface area contributed by atoms with Crippen molar-refractivity contribution in [2.75, 3.05) is 40.6 Å². The second-order valence-corrected chi connectivity index (χ2v) is 6.59. The molecule has 1 heterocycles. The second-order valence-electron chi connectivity index (χ2n) is 6.16. The number of methoxy groups -OCH3 is 2. The minimum atomic E-state index is -0.706. The van der Waals surface area contributed by atoms with E-state index in [1.54, 1.807) is 25.3 Å². The molecule has 3 aromatic rings. The van der Waals surface area contributed by atoms with Gasteiger partial charge in [-0.1, -0.05) is 11.6 Å². The normalized spacial score (nSPS) is 11.0. The zero-order chi connectivity index (χ0) is 20.8. The average Bonchev–Trinajstić information content (AvgIpc) is 3.13. The fraction of sp³-hybridized carbons (Fsp3) is 0.286. The Hall–Kier alpha value is -2.61. The lowest BCUT2D eigenvalue weighted by molar-refractivity contribution is 0.0539. The van der Waals surface area contributed by atoms with Crippen LogP contribution in [0, 0.1) is 5.82 Å². The zero-order valence-corrected chi connectivity index (χ0v) is 16.8. The SMILES string of the molecule is COCCOCCOc1cc(F)c(C(=O)c2c[nH]c3ccc(Cl)cc23)cc1OC. The number of carbonyl (C=O) groups excluding carboxylic acids is 1. The maximum Gasteiger partial charge on any atom is 0.198 e. The van der Waals surface area contributed by atoms with E-state index in [2.05, 4.69) is 4.98 Å². The number of fused-ring (bicyclic) bond motifs is 1. The van der Waals surface area contributed by atoms with Crippen LogP contribution < -0.4 is 9.47 Å². The van der Waals surface area contributed by atoms with E-state index in [9.17, 15) is 9.18 Å². The molecule has 8 heteroatoms. The number of rotatable bonds is 10. The lowest BCUT2D eigenvalue weighted by Crippen LogP contribution is -2.11. The molecule has 2 aromatic carbocycles. The minimum absolute atomic E-state index is 0.119. The number of ether oxygens (including phenoxy) is 4. The lowest BCUT2D eigenvalue weighted by Gasteiger charge is -2.13. The molecule has 1 N–H and O–H groups in total. The van der Waals surface area contributed by atoms with E-state index in [4.69, 9.17) is 30.5 Å². The van der Waals surface area contributed by atoms with Crippen molar-refractivity contribution < 1.29 is 28.1 Å². The van der Waals surface area contributed by atoms with Gasteiger partial charge >= 0.3 is 0 Å². The zero-order valence-electron chi connectivity index (χ0n) is 16.1. The molecule has 0 aliphatic rings. The molecule has 0 saturated carbocycles. The number of benzene rings is 2. The Labute approximate surface area is 172 Å². The first-order valence-electron chi connectivity index (χ1n) is 8.93. The van der Waals surface area contributed by atoms with Crippen molar-refractivity contribution in [3.05, 3.63) is 58.5 Å². The molecule has 0 spiro atoms. The molecule has 29 heavy (non-hydrogen) atoms. The van der Waals surface area contributed by atoms with Crippen molar-refractivity contribution in [3.63, 3.8) is 0 Å². The van der Waals surface area contributed by atoms with Gasteiger partial charge in [0.2, 0.25) is 0 Å². The molecule has 1 aromatic heterocycles. The predicted octanol–water partition coefficient (Wildman–Crippen LogP) is 4.24. The third kappa shape index (κ3) is 4.87. The van der Waals surface area contributed by atoms with Crippen molar-refractivity contribution in [2.45, 2.75) is 0 Å². The fourth-order valence-corrected chi connectivity index (χ4v) is 3.03. The average molecular weight is 422 g/mol. The smallest absolute Gasteiger partial charge is 0.198 e. The van der Waals surface area contributed by atoms with Crippen LogP contribution in [0.15, 0.2) is 36.5 Å². The fourth-order valence-electron chi connectivity index (χ4n) is 2.86. The number of nitrogens with one attached hydrogen (secondary N) is 1. The molecule has 6 nitrogen and oxygen atoms in total. The number of aromatic nitrogens is 1. The number of H-pyrrole nitrogens is 1. The summed E-state index contributed by atoms with van der Waals surface area (Å²) in [6, 6.07) is 7.61. The Morgan fingerprint density at radius 2 is 1.83 bits per heavy atom. The summed E-state index contributed by atoms with van der Waals surface area (Å²) in [7, 11) is 3.01. The third-order valence-electron chi connectivity index (χ3n) is 4.30. The predicted molar refractivity (Wildman–Crippen MR) is 108 cm³/mol. The van der Waals surface area contributed by atoms with Gasteiger partial charge in [0.25, 0.3) is 0 Å². The van der Waals surface area contributed by atoms with Crippen LogP contribution in [0.3, 0.4) is 0 Å². The highest BCUT2D eigenvalue weighted by Crippen LogP contribution is 2.32. The van der Waals surface area contributed by atoms with Crippen molar-refractivity contribution >= 4 is 28.3 Å². The molecular formula is C21H21ClFNO5. The van der Waals surface area contributed by atoms with Gasteiger partial charge in [0.15, 0.2) is 17.3 Å². The van der Waals surface area contributed by atoms with Gasteiger partial charge in [-0.25, -0.2) is 4.39 Å². The summed E-state index contributed by atoms with van der Waals surface area (Å²) >= 11 is 6.03. The van der Waals surface area contributed by atoms with Crippen LogP contribution in [0.2, 0.25) is 5.02 Å². The van der Waals surface area contributed by atoms with Crippen LogP contribution in [0.4, 0.5) is 4.39 Å². The first kappa shape index (κ1) is 21.1. The highest BCUT2D eigenvalue weighted by molar-refractivity contribution is 6.31. The topological polar surface area (TPSA) is 69.8 Å². The lowest BCUT2D eigenvalue weighted by atomic mass is 10.0. The standard InChI is InChI=1S/C21H21ClFNO5/c1-26-5-6-28-7-8-29-20-11-17(23)15(10-19(20)27-2)21(25)16-12-24-18-4-3-13(22)9-14(16)18/h3-4,9-12,24H,5-8H2,1-2H3. The molecule has 0 unspecified atom stereocenters. The van der Waals surface area contributed by atoms with Crippen LogP contribution in [0.5, 0.6) is 11.5 Å². The van der Waals surface area contributed by atoms with E-state index in [-0.39, 0.29) is 23.7 Å². The molecule has 0 radical (unpaired) electrons. The number of halogens is 2. The minimum Gasteiger partial charge on any atom is -0.493 e. The van der Waals surface area contributed by atoms with Gasteiger partial charge in [-0.2, -0.15) is 0 Å². The van der Waals surface area contributed by atoms with E-state index in [1.807, 2.05) is 0 Å². The van der Waals surface area contributed by atoms with E-state index >= 15 is 0 Å². The van der Waals surface area contributed by atoms with Gasteiger partial charge in [0.05, 0.1) is 32.5 Å². The molecule has 0 fully saturated rings. The molecule has 154 valence electrons. The van der Waals surface area contributed by atoms with E-state index in [1.165, 1.54) is 19.4 Å². The van der Waals surface area contributed by atoms with Crippen molar-refractivity contribution in [3.8, 4) is 11.5 Å². The number of carbonyl (C=O) groups is 1. The first-order valence-corrected chi connectivity index (χ1v) is 9.31. The summed E-state index contributed by atoms with van der Waals surface area (Å²) in [4.78, 5) is 16.0. The number of hydrogen-bond donors (Lipinski definition) is 1. The van der Waals surface area contributed by atoms with Gasteiger partial charge in [-0.3, -0.25) is 4.79 Å². The highest BCUT2D eigenvalue weighted by atomic mass is 35.5. The number of ketones is 1. The Balaban J connectivity index is 1.80. The van der Waals surface area contributed by atoms with Crippen molar-refractivity contribution in [1.82, 2.24) is 4.98 Å². The second kappa shape index (κ2) is 9.73. The molecule has 0 bridgehead atoms. The van der Waals surface area contributed by atoms with Crippen molar-refractivity contribution in [1.29, 1.82) is 0 Å². The molecular weight excluding hydrogens is 401 g/mol. The summed E-state index contributed by atoms with van der Waals surface area (Å²) in [5.41, 5.74) is 0.939. The summed E-state index contributed by atoms with van der Waals surface area (Å²) in [6.45, 7) is 1.43. The maximum absolute atomic E-state index is 14.7. The van der Waals surface area contributed by atoms with Crippen LogP contribution in [0.25, 0.3) is 10.9 Å². The van der Waals surface area contributed by atoms with Crippen LogP contribution in [-0.4, -0.2) is 51.4 Å². The highest BCUT2D eigenvalue weighted by Gasteiger charge is 2.21. The van der Waals surface area contributed by atoms with Gasteiger partial charge in [-0.05, 0) is 24.3 Å². The summed E-state index contributed by atoms with van der Waals surface area (Å²) in [5, 5.41) is 1.11. The van der Waals surface area contributed by atoms with Gasteiger partial charge in [-0.15, -0.1) is 0 Å². The Morgan fingerprint density at radius 3 is 2.59 bits per heavy atom. The van der Waals surface area contributed by atoms with Gasteiger partial charge in [0.1, 0.15) is 12.4 Å². The molecule has 0 saturated heterocycles. The van der Waals surface area contributed by atoms with Gasteiger partial charge in [0, 0.05) is 40.9 Å². The molecule has 0 aliphatic heterocycles. The monoisotopic (exact) mass is 421 g/mol. The first-order chi connectivity index (χ1) is 14.0. The number of hydrogen-bond acceptors (Lipinski definition) is 5. The summed E-state index contributed by atoms with van der Waals surface area (Å²) < 4.78 is 35.7. The van der Waals surface area contributed by atoms with E-state index in [0.29, 0.717) is 35.8 Å². The molecule has 0 aliphatic carbocycles. The Kier molecular flexibility index (Phi) is 7.09. The Bertz CT molecular complexity index is 1000. The van der Waals surface area contributed by atoms with Crippen LogP contribution >= 0.6 is 11.6 Å². The van der Waals surface area contributed by atoms with Gasteiger partial charge < -0.3 is 23.9 Å². The van der Waals surface area contributed by atoms with Crippen molar-refractivity contribution in [2.24, 2.45) is 0 Å². The molecule has 0 atom stereocenters.